The van der Waals surface area contributed by atoms with Gasteiger partial charge < -0.3 is 5.73 Å². The number of hydrazone groups is 1. The first-order valence-corrected chi connectivity index (χ1v) is 5.91. The Morgan fingerprint density at radius 2 is 2.19 bits per heavy atom. The van der Waals surface area contributed by atoms with Crippen LogP contribution in [-0.2, 0) is 6.42 Å². The maximum Gasteiger partial charge on any atom is 0.0625 e. The summed E-state index contributed by atoms with van der Waals surface area (Å²) in [5.74, 6) is 0. The molecule has 1 aromatic carbocycles. The first-order valence-electron chi connectivity index (χ1n) is 5.91. The minimum absolute atomic E-state index is 0.747. The molecular weight excluding hydrogens is 198 g/mol. The number of aryl methyl sites for hydroxylation is 1. The van der Waals surface area contributed by atoms with Gasteiger partial charge in [0.15, 0.2) is 0 Å². The molecule has 0 amide bonds. The largest absolute Gasteiger partial charge is 0.330 e. The van der Waals surface area contributed by atoms with E-state index >= 15 is 0 Å². The van der Waals surface area contributed by atoms with Crippen molar-refractivity contribution in [1.82, 2.24) is 0 Å². The van der Waals surface area contributed by atoms with Crippen molar-refractivity contribution < 1.29 is 0 Å². The zero-order valence-electron chi connectivity index (χ0n) is 9.82. The van der Waals surface area contributed by atoms with Gasteiger partial charge in [-0.3, -0.25) is 5.01 Å². The Bertz CT molecular complexity index is 385. The molecule has 1 aliphatic rings. The lowest BCUT2D eigenvalue weighted by molar-refractivity contribution is 0.820. The second-order valence-electron chi connectivity index (χ2n) is 4.23. The first kappa shape index (κ1) is 11.1. The smallest absolute Gasteiger partial charge is 0.0625 e. The van der Waals surface area contributed by atoms with Gasteiger partial charge in [-0.25, -0.2) is 0 Å². The third-order valence-corrected chi connectivity index (χ3v) is 2.90. The number of hydrogen-bond acceptors (Lipinski definition) is 3. The third kappa shape index (κ3) is 2.42. The first-order chi connectivity index (χ1) is 7.81. The molecule has 16 heavy (non-hydrogen) atoms. The summed E-state index contributed by atoms with van der Waals surface area (Å²) >= 11 is 0. The molecule has 0 saturated heterocycles. The van der Waals surface area contributed by atoms with Gasteiger partial charge in [-0.05, 0) is 37.9 Å². The van der Waals surface area contributed by atoms with Crippen LogP contribution in [0.4, 0.5) is 5.69 Å². The van der Waals surface area contributed by atoms with Crippen molar-refractivity contribution in [2.75, 3.05) is 18.1 Å². The van der Waals surface area contributed by atoms with E-state index in [4.69, 9.17) is 5.73 Å². The Hall–Kier alpha value is -1.35. The molecular formula is C13H19N3. The molecule has 3 nitrogen and oxygen atoms in total. The summed E-state index contributed by atoms with van der Waals surface area (Å²) < 4.78 is 0. The van der Waals surface area contributed by atoms with Gasteiger partial charge >= 0.3 is 0 Å². The van der Waals surface area contributed by atoms with E-state index in [0.717, 1.165) is 32.4 Å². The van der Waals surface area contributed by atoms with E-state index in [1.165, 1.54) is 17.0 Å². The van der Waals surface area contributed by atoms with Crippen molar-refractivity contribution in [3.63, 3.8) is 0 Å². The lowest BCUT2D eigenvalue weighted by Crippen LogP contribution is -2.14. The fourth-order valence-corrected chi connectivity index (χ4v) is 2.01. The van der Waals surface area contributed by atoms with Crippen molar-refractivity contribution >= 4 is 11.4 Å². The molecule has 2 rings (SSSR count). The molecule has 0 saturated carbocycles. The molecule has 2 N–H and O–H groups in total. The zero-order valence-corrected chi connectivity index (χ0v) is 9.82. The molecule has 0 aliphatic carbocycles. The highest BCUT2D eigenvalue weighted by molar-refractivity contribution is 5.85. The highest BCUT2D eigenvalue weighted by Crippen LogP contribution is 2.24. The van der Waals surface area contributed by atoms with Gasteiger partial charge in [-0.1, -0.05) is 18.2 Å². The quantitative estimate of drug-likeness (QED) is 0.839. The molecule has 86 valence electrons. The van der Waals surface area contributed by atoms with Gasteiger partial charge in [0, 0.05) is 18.7 Å². The van der Waals surface area contributed by atoms with E-state index in [1.807, 2.05) is 0 Å². The van der Waals surface area contributed by atoms with Crippen LogP contribution in [0.15, 0.2) is 29.4 Å². The van der Waals surface area contributed by atoms with Gasteiger partial charge in [-0.15, -0.1) is 0 Å². The summed E-state index contributed by atoms with van der Waals surface area (Å²) in [5, 5.41) is 6.66. The normalized spacial score (nSPS) is 15.4. The van der Waals surface area contributed by atoms with E-state index in [0.29, 0.717) is 0 Å². The Morgan fingerprint density at radius 1 is 1.38 bits per heavy atom. The van der Waals surface area contributed by atoms with Crippen LogP contribution >= 0.6 is 0 Å². The lowest BCUT2D eigenvalue weighted by Gasteiger charge is -2.17. The zero-order chi connectivity index (χ0) is 11.4. The highest BCUT2D eigenvalue weighted by Gasteiger charge is 2.15. The fraction of sp³-hybridized carbons (Fsp3) is 0.462. The monoisotopic (exact) mass is 217 g/mol. The van der Waals surface area contributed by atoms with Gasteiger partial charge in [0.05, 0.1) is 5.69 Å². The predicted octanol–water partition coefficient (Wildman–Crippen LogP) is 2.16. The van der Waals surface area contributed by atoms with Crippen LogP contribution in [0.5, 0.6) is 0 Å². The molecule has 3 heteroatoms. The Balaban J connectivity index is 2.19. The maximum absolute atomic E-state index is 5.56. The second-order valence-corrected chi connectivity index (χ2v) is 4.23. The number of anilines is 1. The number of para-hydroxylation sites is 1. The fourth-order valence-electron chi connectivity index (χ4n) is 2.01. The summed E-state index contributed by atoms with van der Waals surface area (Å²) in [6.07, 6.45) is 3.15. The van der Waals surface area contributed by atoms with Crippen molar-refractivity contribution in [2.24, 2.45) is 10.8 Å². The van der Waals surface area contributed by atoms with E-state index in [1.54, 1.807) is 0 Å². The van der Waals surface area contributed by atoms with Crippen LogP contribution in [-0.4, -0.2) is 18.8 Å². The number of nitrogens with two attached hydrogens (primary N) is 1. The second kappa shape index (κ2) is 5.12. The average Bonchev–Trinajstić information content (AvgIpc) is 2.73. The molecule has 1 aromatic rings. The Morgan fingerprint density at radius 3 is 2.88 bits per heavy atom. The molecule has 1 aliphatic heterocycles. The van der Waals surface area contributed by atoms with Gasteiger partial charge in [0.1, 0.15) is 0 Å². The van der Waals surface area contributed by atoms with E-state index in [-0.39, 0.29) is 0 Å². The minimum Gasteiger partial charge on any atom is -0.330 e. The summed E-state index contributed by atoms with van der Waals surface area (Å²) in [6, 6.07) is 8.48. The molecule has 0 bridgehead atoms. The van der Waals surface area contributed by atoms with E-state index in [9.17, 15) is 0 Å². The average molecular weight is 217 g/mol. The predicted molar refractivity (Wildman–Crippen MR) is 68.9 cm³/mol. The lowest BCUT2D eigenvalue weighted by atomic mass is 10.1. The van der Waals surface area contributed by atoms with Crippen molar-refractivity contribution in [3.8, 4) is 0 Å². The summed E-state index contributed by atoms with van der Waals surface area (Å²) in [4.78, 5) is 0. The van der Waals surface area contributed by atoms with Crippen LogP contribution in [0.25, 0.3) is 0 Å². The molecule has 0 atom stereocenters. The number of nitrogens with zero attached hydrogens (tertiary/aromatic N) is 2. The van der Waals surface area contributed by atoms with Crippen LogP contribution < -0.4 is 10.7 Å². The van der Waals surface area contributed by atoms with Crippen molar-refractivity contribution in [2.45, 2.75) is 26.2 Å². The standard InChI is InChI=1S/C13H19N3/c1-11-8-10-16(15-11)13-7-3-2-5-12(13)6-4-9-14/h2-3,5,7H,4,6,8-10,14H2,1H3. The summed E-state index contributed by atoms with van der Waals surface area (Å²) in [7, 11) is 0. The summed E-state index contributed by atoms with van der Waals surface area (Å²) in [5.41, 5.74) is 9.37. The Kier molecular flexibility index (Phi) is 3.57. The molecule has 0 spiro atoms. The Labute approximate surface area is 96.9 Å². The molecule has 0 unspecified atom stereocenters. The van der Waals surface area contributed by atoms with E-state index < -0.39 is 0 Å². The van der Waals surface area contributed by atoms with E-state index in [2.05, 4.69) is 41.3 Å². The number of benzene rings is 1. The SMILES string of the molecule is CC1=NN(c2ccccc2CCCN)CC1. The molecule has 0 radical (unpaired) electrons. The number of hydrogen-bond donors (Lipinski definition) is 1. The topological polar surface area (TPSA) is 41.6 Å². The van der Waals surface area contributed by atoms with Crippen molar-refractivity contribution in [1.29, 1.82) is 0 Å². The van der Waals surface area contributed by atoms with Gasteiger partial charge in [-0.2, -0.15) is 5.10 Å². The van der Waals surface area contributed by atoms with Crippen LogP contribution in [0.3, 0.4) is 0 Å². The molecule has 0 fully saturated rings. The third-order valence-electron chi connectivity index (χ3n) is 2.90. The molecule has 0 aromatic heterocycles. The van der Waals surface area contributed by atoms with Crippen molar-refractivity contribution in [3.05, 3.63) is 29.8 Å². The van der Waals surface area contributed by atoms with Crippen LogP contribution in [0, 0.1) is 0 Å². The van der Waals surface area contributed by atoms with Gasteiger partial charge in [0.25, 0.3) is 0 Å². The number of rotatable bonds is 4. The minimum atomic E-state index is 0.747. The maximum atomic E-state index is 5.56. The highest BCUT2D eigenvalue weighted by atomic mass is 15.5. The summed E-state index contributed by atoms with van der Waals surface area (Å²) in [6.45, 7) is 3.84. The molecule has 1 heterocycles. The van der Waals surface area contributed by atoms with Crippen LogP contribution in [0.1, 0.15) is 25.3 Å². The van der Waals surface area contributed by atoms with Gasteiger partial charge in [0.2, 0.25) is 0 Å². The van der Waals surface area contributed by atoms with Crippen LogP contribution in [0.2, 0.25) is 0 Å².